The molecule has 1 fully saturated rings. The third-order valence-corrected chi connectivity index (χ3v) is 6.45. The molecule has 3 heterocycles. The first-order valence-electron chi connectivity index (χ1n) is 11.4. The highest BCUT2D eigenvalue weighted by Crippen LogP contribution is 2.30. The minimum atomic E-state index is -0.360. The molecular weight excluding hydrogens is 471 g/mol. The molecule has 180 valence electrons. The number of carbonyl (C=O) groups is 1. The van der Waals surface area contributed by atoms with Crippen LogP contribution >= 0.6 is 11.6 Å². The summed E-state index contributed by atoms with van der Waals surface area (Å²) in [6, 6.07) is 17.2. The molecule has 1 amide bonds. The molecule has 1 saturated heterocycles. The maximum atomic E-state index is 13.1. The number of tetrazole rings is 1. The van der Waals surface area contributed by atoms with E-state index >= 15 is 0 Å². The van der Waals surface area contributed by atoms with Crippen molar-refractivity contribution in [2.75, 3.05) is 13.1 Å². The van der Waals surface area contributed by atoms with Gasteiger partial charge in [-0.3, -0.25) is 9.69 Å². The van der Waals surface area contributed by atoms with Crippen LogP contribution in [0.25, 0.3) is 11.3 Å². The number of rotatable bonds is 8. The van der Waals surface area contributed by atoms with Gasteiger partial charge in [-0.15, -0.1) is 5.10 Å². The first-order chi connectivity index (χ1) is 17.0. The standard InChI is InChI=1S/C25H24ClFN6O2/c26-19-5-3-18(4-6-19)24-10-9-22(35-24)15-32-14-21(33-16-29-30-31-33)13-23(32)25(34)28-12-11-17-1-7-20(27)8-2-17/h1-10,16,21,23H,11-15H2,(H,28,34)/t21-,23-/m0/s1. The third-order valence-electron chi connectivity index (χ3n) is 6.20. The molecule has 0 radical (unpaired) electrons. The van der Waals surface area contributed by atoms with Gasteiger partial charge in [0.15, 0.2) is 0 Å². The van der Waals surface area contributed by atoms with Gasteiger partial charge in [-0.2, -0.15) is 0 Å². The molecular formula is C25H24ClFN6O2. The molecule has 1 aliphatic heterocycles. The fourth-order valence-electron chi connectivity index (χ4n) is 4.39. The zero-order valence-corrected chi connectivity index (χ0v) is 19.6. The predicted molar refractivity (Wildman–Crippen MR) is 128 cm³/mol. The van der Waals surface area contributed by atoms with Crippen LogP contribution in [-0.2, 0) is 17.8 Å². The van der Waals surface area contributed by atoms with Crippen LogP contribution < -0.4 is 5.32 Å². The lowest BCUT2D eigenvalue weighted by atomic mass is 10.1. The Hall–Kier alpha value is -3.56. The Bertz CT molecular complexity index is 1260. The summed E-state index contributed by atoms with van der Waals surface area (Å²) in [6.07, 6.45) is 2.78. The number of nitrogens with one attached hydrogen (secondary N) is 1. The van der Waals surface area contributed by atoms with Gasteiger partial charge in [-0.1, -0.05) is 23.7 Å². The number of furan rings is 1. The predicted octanol–water partition coefficient (Wildman–Crippen LogP) is 3.90. The highest BCUT2D eigenvalue weighted by molar-refractivity contribution is 6.30. The van der Waals surface area contributed by atoms with Crippen LogP contribution in [0.15, 0.2) is 71.4 Å². The molecule has 5 rings (SSSR count). The Morgan fingerprint density at radius 2 is 1.91 bits per heavy atom. The van der Waals surface area contributed by atoms with E-state index in [0.717, 1.165) is 22.6 Å². The van der Waals surface area contributed by atoms with E-state index in [0.29, 0.717) is 37.5 Å². The first kappa shape index (κ1) is 23.2. The maximum Gasteiger partial charge on any atom is 0.237 e. The summed E-state index contributed by atoms with van der Waals surface area (Å²) >= 11 is 5.99. The monoisotopic (exact) mass is 494 g/mol. The SMILES string of the molecule is O=C(NCCc1ccc(F)cc1)[C@@H]1C[C@H](n2cnnn2)CN1Cc1ccc(-c2ccc(Cl)cc2)o1. The Morgan fingerprint density at radius 1 is 1.11 bits per heavy atom. The van der Waals surface area contributed by atoms with E-state index in [9.17, 15) is 9.18 Å². The van der Waals surface area contributed by atoms with E-state index in [1.165, 1.54) is 12.1 Å². The second kappa shape index (κ2) is 10.4. The molecule has 0 bridgehead atoms. The second-order valence-electron chi connectivity index (χ2n) is 8.56. The molecule has 2 aromatic heterocycles. The summed E-state index contributed by atoms with van der Waals surface area (Å²) in [6.45, 7) is 1.55. The quantitative estimate of drug-likeness (QED) is 0.399. The molecule has 10 heteroatoms. The Balaban J connectivity index is 1.26. The lowest BCUT2D eigenvalue weighted by Gasteiger charge is -2.22. The van der Waals surface area contributed by atoms with E-state index in [-0.39, 0.29) is 23.8 Å². The van der Waals surface area contributed by atoms with Crippen molar-refractivity contribution in [1.29, 1.82) is 0 Å². The van der Waals surface area contributed by atoms with Gasteiger partial charge in [0, 0.05) is 23.7 Å². The number of likely N-dealkylation sites (tertiary alicyclic amines) is 1. The molecule has 4 aromatic rings. The third kappa shape index (κ3) is 5.58. The number of hydrogen-bond donors (Lipinski definition) is 1. The van der Waals surface area contributed by atoms with E-state index in [2.05, 4.69) is 25.7 Å². The van der Waals surface area contributed by atoms with Crippen LogP contribution in [0.1, 0.15) is 23.8 Å². The molecule has 2 atom stereocenters. The Labute approximate surface area is 206 Å². The number of benzene rings is 2. The van der Waals surface area contributed by atoms with Crippen molar-refractivity contribution in [3.63, 3.8) is 0 Å². The van der Waals surface area contributed by atoms with Crippen LogP contribution in [0.4, 0.5) is 4.39 Å². The number of amides is 1. The summed E-state index contributed by atoms with van der Waals surface area (Å²) in [5, 5.41) is 15.2. The van der Waals surface area contributed by atoms with Gasteiger partial charge in [0.05, 0.1) is 18.6 Å². The summed E-state index contributed by atoms with van der Waals surface area (Å²) in [4.78, 5) is 15.2. The van der Waals surface area contributed by atoms with Crippen molar-refractivity contribution in [3.8, 4) is 11.3 Å². The van der Waals surface area contributed by atoms with Crippen molar-refractivity contribution >= 4 is 17.5 Å². The summed E-state index contributed by atoms with van der Waals surface area (Å²) < 4.78 is 20.9. The van der Waals surface area contributed by atoms with Crippen LogP contribution in [0.5, 0.6) is 0 Å². The smallest absolute Gasteiger partial charge is 0.237 e. The molecule has 8 nitrogen and oxygen atoms in total. The van der Waals surface area contributed by atoms with Gasteiger partial charge in [0.25, 0.3) is 0 Å². The molecule has 1 N–H and O–H groups in total. The maximum absolute atomic E-state index is 13.1. The first-order valence-corrected chi connectivity index (χ1v) is 11.8. The number of halogens is 2. The van der Waals surface area contributed by atoms with E-state index in [4.69, 9.17) is 16.0 Å². The summed E-state index contributed by atoms with van der Waals surface area (Å²) in [5.74, 6) is 1.17. The minimum Gasteiger partial charge on any atom is -0.460 e. The lowest BCUT2D eigenvalue weighted by molar-refractivity contribution is -0.125. The van der Waals surface area contributed by atoms with Gasteiger partial charge in [-0.05, 0) is 77.4 Å². The van der Waals surface area contributed by atoms with Crippen LogP contribution in [-0.4, -0.2) is 50.1 Å². The van der Waals surface area contributed by atoms with Crippen LogP contribution in [0.2, 0.25) is 5.02 Å². The fourth-order valence-corrected chi connectivity index (χ4v) is 4.51. The zero-order valence-electron chi connectivity index (χ0n) is 18.8. The molecule has 0 spiro atoms. The lowest BCUT2D eigenvalue weighted by Crippen LogP contribution is -2.43. The van der Waals surface area contributed by atoms with E-state index in [1.807, 2.05) is 36.4 Å². The van der Waals surface area contributed by atoms with Crippen molar-refractivity contribution < 1.29 is 13.6 Å². The van der Waals surface area contributed by atoms with Crippen molar-refractivity contribution in [2.45, 2.75) is 31.5 Å². The molecule has 0 saturated carbocycles. The van der Waals surface area contributed by atoms with Crippen molar-refractivity contribution in [3.05, 3.63) is 89.2 Å². The summed E-state index contributed by atoms with van der Waals surface area (Å²) in [7, 11) is 0. The minimum absolute atomic E-state index is 0.0245. The average Bonchev–Trinajstić information content (AvgIpc) is 3.62. The van der Waals surface area contributed by atoms with E-state index < -0.39 is 0 Å². The normalized spacial score (nSPS) is 18.1. The van der Waals surface area contributed by atoms with Gasteiger partial charge >= 0.3 is 0 Å². The van der Waals surface area contributed by atoms with Crippen molar-refractivity contribution in [1.82, 2.24) is 30.4 Å². The van der Waals surface area contributed by atoms with Gasteiger partial charge in [0.2, 0.25) is 5.91 Å². The van der Waals surface area contributed by atoms with Gasteiger partial charge < -0.3 is 9.73 Å². The molecule has 0 unspecified atom stereocenters. The average molecular weight is 495 g/mol. The van der Waals surface area contributed by atoms with Crippen molar-refractivity contribution in [2.24, 2.45) is 0 Å². The molecule has 1 aliphatic rings. The number of aromatic nitrogens is 4. The highest BCUT2D eigenvalue weighted by Gasteiger charge is 2.38. The summed E-state index contributed by atoms with van der Waals surface area (Å²) in [5.41, 5.74) is 1.90. The molecule has 0 aliphatic carbocycles. The van der Waals surface area contributed by atoms with Crippen LogP contribution in [0.3, 0.4) is 0 Å². The van der Waals surface area contributed by atoms with Gasteiger partial charge in [-0.25, -0.2) is 9.07 Å². The topological polar surface area (TPSA) is 89.1 Å². The fraction of sp³-hybridized carbons (Fsp3) is 0.280. The van der Waals surface area contributed by atoms with E-state index in [1.54, 1.807) is 23.1 Å². The largest absolute Gasteiger partial charge is 0.460 e. The highest BCUT2D eigenvalue weighted by atomic mass is 35.5. The molecule has 2 aromatic carbocycles. The zero-order chi connectivity index (χ0) is 24.2. The second-order valence-corrected chi connectivity index (χ2v) is 9.00. The van der Waals surface area contributed by atoms with Crippen LogP contribution in [0, 0.1) is 5.82 Å². The Kier molecular flexibility index (Phi) is 6.87. The number of carbonyl (C=O) groups excluding carboxylic acids is 1. The Morgan fingerprint density at radius 3 is 2.66 bits per heavy atom. The van der Waals surface area contributed by atoms with Gasteiger partial charge in [0.1, 0.15) is 23.7 Å². The number of hydrogen-bond acceptors (Lipinski definition) is 6. The molecule has 35 heavy (non-hydrogen) atoms. The number of nitrogens with zero attached hydrogens (tertiary/aromatic N) is 5.